The highest BCUT2D eigenvalue weighted by Crippen LogP contribution is 2.30. The molecule has 0 radical (unpaired) electrons. The summed E-state index contributed by atoms with van der Waals surface area (Å²) in [5.41, 5.74) is 2.41. The maximum absolute atomic E-state index is 12.6. The van der Waals surface area contributed by atoms with Gasteiger partial charge in [-0.3, -0.25) is 14.4 Å². The predicted molar refractivity (Wildman–Crippen MR) is 114 cm³/mol. The third-order valence-electron chi connectivity index (χ3n) is 4.47. The molecule has 5 nitrogen and oxygen atoms in total. The number of amides is 3. The molecule has 0 aromatic heterocycles. The molecule has 0 saturated carbocycles. The van der Waals surface area contributed by atoms with Crippen LogP contribution in [0.15, 0.2) is 48.5 Å². The van der Waals surface area contributed by atoms with E-state index in [2.05, 4.69) is 19.2 Å². The first-order valence-corrected chi connectivity index (χ1v) is 10.4. The molecular weight excluding hydrogens is 396 g/mol. The van der Waals surface area contributed by atoms with Gasteiger partial charge in [-0.2, -0.15) is 0 Å². The van der Waals surface area contributed by atoms with Crippen molar-refractivity contribution in [2.75, 3.05) is 16.0 Å². The van der Waals surface area contributed by atoms with Crippen LogP contribution in [0.25, 0.3) is 0 Å². The van der Waals surface area contributed by atoms with Crippen LogP contribution in [0.4, 0.5) is 11.4 Å². The molecule has 1 atom stereocenters. The molecule has 1 aliphatic heterocycles. The lowest BCUT2D eigenvalue weighted by molar-refractivity contribution is -0.121. The number of anilines is 2. The average Bonchev–Trinajstić information content (AvgIpc) is 2.95. The molecule has 1 N–H and O–H groups in total. The topological polar surface area (TPSA) is 66.5 Å². The van der Waals surface area contributed by atoms with Gasteiger partial charge < -0.3 is 5.32 Å². The van der Waals surface area contributed by atoms with Crippen LogP contribution in [0.3, 0.4) is 0 Å². The van der Waals surface area contributed by atoms with E-state index in [0.29, 0.717) is 22.3 Å². The highest BCUT2D eigenvalue weighted by molar-refractivity contribution is 8.01. The molecule has 146 valence electrons. The number of rotatable bonds is 6. The molecule has 2 aromatic rings. The Labute approximate surface area is 173 Å². The molecule has 1 heterocycles. The maximum Gasteiger partial charge on any atom is 0.247 e. The smallest absolute Gasteiger partial charge is 0.247 e. The summed E-state index contributed by atoms with van der Waals surface area (Å²) in [7, 11) is 0. The quantitative estimate of drug-likeness (QED) is 0.705. The zero-order valence-corrected chi connectivity index (χ0v) is 17.2. The van der Waals surface area contributed by atoms with Crippen molar-refractivity contribution in [2.45, 2.75) is 31.4 Å². The van der Waals surface area contributed by atoms with Gasteiger partial charge in [0.2, 0.25) is 17.7 Å². The number of hydrogen-bond donors (Lipinski definition) is 1. The van der Waals surface area contributed by atoms with Gasteiger partial charge in [0.15, 0.2) is 0 Å². The largest absolute Gasteiger partial charge is 0.325 e. The molecule has 1 aliphatic rings. The van der Waals surface area contributed by atoms with Gasteiger partial charge in [-0.15, -0.1) is 11.8 Å². The monoisotopic (exact) mass is 416 g/mol. The molecule has 0 spiro atoms. The van der Waals surface area contributed by atoms with E-state index in [1.165, 1.54) is 17.3 Å². The molecule has 1 saturated heterocycles. The normalized spacial score (nSPS) is 16.7. The van der Waals surface area contributed by atoms with Gasteiger partial charge in [0, 0.05) is 17.1 Å². The van der Waals surface area contributed by atoms with Crippen LogP contribution in [-0.2, 0) is 14.4 Å². The summed E-state index contributed by atoms with van der Waals surface area (Å²) < 4.78 is 0. The van der Waals surface area contributed by atoms with Crippen LogP contribution in [0.2, 0.25) is 5.02 Å². The van der Waals surface area contributed by atoms with E-state index >= 15 is 0 Å². The highest BCUT2D eigenvalue weighted by Gasteiger charge is 2.40. The van der Waals surface area contributed by atoms with Crippen LogP contribution in [-0.4, -0.2) is 28.7 Å². The summed E-state index contributed by atoms with van der Waals surface area (Å²) in [5, 5.41) is 2.80. The summed E-state index contributed by atoms with van der Waals surface area (Å²) in [6, 6.07) is 14.2. The first-order valence-electron chi connectivity index (χ1n) is 8.99. The number of imide groups is 1. The van der Waals surface area contributed by atoms with Crippen molar-refractivity contribution in [1.82, 2.24) is 0 Å². The number of nitrogens with one attached hydrogen (secondary N) is 1. The summed E-state index contributed by atoms with van der Waals surface area (Å²) in [5.74, 6) is -0.243. The zero-order chi connectivity index (χ0) is 20.3. The van der Waals surface area contributed by atoms with E-state index in [4.69, 9.17) is 11.6 Å². The minimum Gasteiger partial charge on any atom is -0.325 e. The highest BCUT2D eigenvalue weighted by atomic mass is 35.5. The van der Waals surface area contributed by atoms with E-state index in [1.54, 1.807) is 24.3 Å². The van der Waals surface area contributed by atoms with Gasteiger partial charge >= 0.3 is 0 Å². The molecule has 28 heavy (non-hydrogen) atoms. The first kappa shape index (κ1) is 20.4. The number of carbonyl (C=O) groups is 3. The van der Waals surface area contributed by atoms with Crippen LogP contribution >= 0.6 is 23.4 Å². The number of thioether (sulfide) groups is 1. The maximum atomic E-state index is 12.6. The van der Waals surface area contributed by atoms with E-state index < -0.39 is 5.25 Å². The van der Waals surface area contributed by atoms with Gasteiger partial charge in [-0.1, -0.05) is 37.6 Å². The van der Waals surface area contributed by atoms with Crippen LogP contribution < -0.4 is 10.2 Å². The van der Waals surface area contributed by atoms with Gasteiger partial charge in [0.1, 0.15) is 0 Å². The number of halogens is 1. The van der Waals surface area contributed by atoms with Gasteiger partial charge in [0.25, 0.3) is 0 Å². The Bertz CT molecular complexity index is 882. The first-order chi connectivity index (χ1) is 13.3. The summed E-state index contributed by atoms with van der Waals surface area (Å²) in [6.07, 6.45) is 0.0858. The van der Waals surface area contributed by atoms with Gasteiger partial charge in [-0.25, -0.2) is 4.90 Å². The number of nitrogens with zero attached hydrogens (tertiary/aromatic N) is 1. The molecule has 2 aromatic carbocycles. The van der Waals surface area contributed by atoms with Crippen molar-refractivity contribution in [3.05, 3.63) is 59.1 Å². The van der Waals surface area contributed by atoms with Crippen LogP contribution in [0, 0.1) is 0 Å². The number of carbonyl (C=O) groups excluding carboxylic acids is 3. The van der Waals surface area contributed by atoms with Gasteiger partial charge in [0.05, 0.1) is 16.7 Å². The minimum atomic E-state index is -0.558. The molecular formula is C21H21ClN2O3S. The Morgan fingerprint density at radius 1 is 1.14 bits per heavy atom. The third kappa shape index (κ3) is 4.75. The van der Waals surface area contributed by atoms with E-state index in [-0.39, 0.29) is 29.9 Å². The number of hydrogen-bond acceptors (Lipinski definition) is 4. The molecule has 0 bridgehead atoms. The van der Waals surface area contributed by atoms with E-state index in [1.807, 2.05) is 24.3 Å². The van der Waals surface area contributed by atoms with E-state index in [0.717, 1.165) is 4.90 Å². The lowest BCUT2D eigenvalue weighted by Gasteiger charge is -2.15. The van der Waals surface area contributed by atoms with Gasteiger partial charge in [-0.05, 0) is 47.9 Å². The average molecular weight is 417 g/mol. The fraction of sp³-hybridized carbons (Fsp3) is 0.286. The molecule has 0 aliphatic carbocycles. The van der Waals surface area contributed by atoms with Crippen molar-refractivity contribution in [2.24, 2.45) is 0 Å². The van der Waals surface area contributed by atoms with E-state index in [9.17, 15) is 14.4 Å². The second kappa shape index (κ2) is 8.80. The third-order valence-corrected chi connectivity index (χ3v) is 5.92. The number of benzene rings is 2. The molecule has 3 rings (SSSR count). The van der Waals surface area contributed by atoms with Crippen molar-refractivity contribution in [3.8, 4) is 0 Å². The Kier molecular flexibility index (Phi) is 6.42. The second-order valence-corrected chi connectivity index (χ2v) is 8.50. The predicted octanol–water partition coefficient (Wildman–Crippen LogP) is 4.47. The van der Waals surface area contributed by atoms with Crippen LogP contribution in [0.5, 0.6) is 0 Å². The standard InChI is InChI=1S/C21H21ClN2O3S/c1-13(2)14-3-7-16(8-4-14)23-19(25)12-28-18-11-20(26)24(21(18)27)17-9-5-15(22)6-10-17/h3-10,13,18H,11-12H2,1-2H3,(H,23,25). The molecule has 7 heteroatoms. The second-order valence-electron chi connectivity index (χ2n) is 6.87. The summed E-state index contributed by atoms with van der Waals surface area (Å²) in [6.45, 7) is 4.22. The molecule has 1 unspecified atom stereocenters. The molecule has 3 amide bonds. The van der Waals surface area contributed by atoms with Crippen molar-refractivity contribution < 1.29 is 14.4 Å². The minimum absolute atomic E-state index is 0.0858. The zero-order valence-electron chi connectivity index (χ0n) is 15.6. The van der Waals surface area contributed by atoms with Crippen molar-refractivity contribution in [3.63, 3.8) is 0 Å². The Morgan fingerprint density at radius 2 is 1.79 bits per heavy atom. The Hall–Kier alpha value is -2.31. The lowest BCUT2D eigenvalue weighted by Crippen LogP contribution is -2.31. The lowest BCUT2D eigenvalue weighted by atomic mass is 10.0. The summed E-state index contributed by atoms with van der Waals surface area (Å²) in [4.78, 5) is 38.2. The molecule has 1 fully saturated rings. The van der Waals surface area contributed by atoms with Crippen LogP contribution in [0.1, 0.15) is 31.7 Å². The van der Waals surface area contributed by atoms with Crippen molar-refractivity contribution >= 4 is 52.5 Å². The van der Waals surface area contributed by atoms with Crippen molar-refractivity contribution in [1.29, 1.82) is 0 Å². The SMILES string of the molecule is CC(C)c1ccc(NC(=O)CSC2CC(=O)N(c3ccc(Cl)cc3)C2=O)cc1. The fourth-order valence-electron chi connectivity index (χ4n) is 2.92. The summed E-state index contributed by atoms with van der Waals surface area (Å²) >= 11 is 7.04. The Balaban J connectivity index is 1.55. The Morgan fingerprint density at radius 3 is 2.39 bits per heavy atom. The fourth-order valence-corrected chi connectivity index (χ4v) is 3.98.